The highest BCUT2D eigenvalue weighted by Crippen LogP contribution is 2.03. The normalized spacial score (nSPS) is 11.6. The van der Waals surface area contributed by atoms with Crippen LogP contribution in [0.4, 0.5) is 0 Å². The van der Waals surface area contributed by atoms with Crippen LogP contribution in [0.25, 0.3) is 10.4 Å². The molecule has 6 heteroatoms. The molecule has 0 aromatic carbocycles. The van der Waals surface area contributed by atoms with E-state index in [1.807, 2.05) is 0 Å². The average Bonchev–Trinajstić information content (AvgIpc) is 2.13. The Morgan fingerprint density at radius 3 is 3.00 bits per heavy atom. The van der Waals surface area contributed by atoms with E-state index in [4.69, 9.17) is 5.53 Å². The van der Waals surface area contributed by atoms with Gasteiger partial charge in [-0.3, -0.25) is 4.79 Å². The van der Waals surface area contributed by atoms with Crippen molar-refractivity contribution < 1.29 is 14.6 Å². The van der Waals surface area contributed by atoms with Crippen molar-refractivity contribution in [2.45, 2.75) is 32.3 Å². The van der Waals surface area contributed by atoms with Crippen LogP contribution in [0.5, 0.6) is 0 Å². The second-order valence-corrected chi connectivity index (χ2v) is 2.76. The first-order valence-corrected chi connectivity index (χ1v) is 4.55. The molecule has 0 saturated carbocycles. The molecule has 0 fully saturated rings. The quantitative estimate of drug-likeness (QED) is 0.221. The van der Waals surface area contributed by atoms with Gasteiger partial charge in [-0.1, -0.05) is 5.11 Å². The van der Waals surface area contributed by atoms with E-state index in [0.29, 0.717) is 26.0 Å². The van der Waals surface area contributed by atoms with Crippen LogP contribution in [0.1, 0.15) is 26.2 Å². The highest BCUT2D eigenvalue weighted by Gasteiger charge is 2.10. The molecule has 14 heavy (non-hydrogen) atoms. The summed E-state index contributed by atoms with van der Waals surface area (Å²) in [5.41, 5.74) is 7.97. The maximum absolute atomic E-state index is 10.9. The number of rotatable bonds is 7. The van der Waals surface area contributed by atoms with Gasteiger partial charge < -0.3 is 9.84 Å². The predicted molar refractivity (Wildman–Crippen MR) is 50.5 cm³/mol. The second kappa shape index (κ2) is 8.34. The smallest absolute Gasteiger partial charge is 0.308 e. The molecule has 0 aliphatic rings. The average molecular weight is 201 g/mol. The summed E-state index contributed by atoms with van der Waals surface area (Å²) in [5, 5.41) is 12.6. The lowest BCUT2D eigenvalue weighted by Crippen LogP contribution is -2.15. The molecular weight excluding hydrogens is 186 g/mol. The molecule has 0 aromatic heterocycles. The van der Waals surface area contributed by atoms with Crippen LogP contribution in [0.15, 0.2) is 5.11 Å². The number of esters is 1. The van der Waals surface area contributed by atoms with E-state index in [9.17, 15) is 9.90 Å². The lowest BCUT2D eigenvalue weighted by molar-refractivity contribution is -0.145. The summed E-state index contributed by atoms with van der Waals surface area (Å²) in [4.78, 5) is 13.5. The van der Waals surface area contributed by atoms with Crippen LogP contribution in [0.3, 0.4) is 0 Å². The van der Waals surface area contributed by atoms with Gasteiger partial charge in [0.15, 0.2) is 0 Å². The summed E-state index contributed by atoms with van der Waals surface area (Å²) in [5.74, 6) is -0.399. The van der Waals surface area contributed by atoms with Crippen LogP contribution in [0, 0.1) is 0 Å². The van der Waals surface area contributed by atoms with Crippen LogP contribution < -0.4 is 0 Å². The van der Waals surface area contributed by atoms with E-state index in [1.54, 1.807) is 6.92 Å². The van der Waals surface area contributed by atoms with Gasteiger partial charge in [0.05, 0.1) is 19.1 Å². The standard InChI is InChI=1S/C8H15N3O3/c1-2-14-8(13)6-7(12)4-3-5-10-11-9/h7,12H,2-6H2,1H3. The third-order valence-corrected chi connectivity index (χ3v) is 1.57. The van der Waals surface area contributed by atoms with Crippen molar-refractivity contribution in [3.8, 4) is 0 Å². The topological polar surface area (TPSA) is 95.3 Å². The minimum absolute atomic E-state index is 0.00408. The lowest BCUT2D eigenvalue weighted by Gasteiger charge is -2.08. The Morgan fingerprint density at radius 1 is 1.71 bits per heavy atom. The van der Waals surface area contributed by atoms with Crippen molar-refractivity contribution >= 4 is 5.97 Å². The Kier molecular flexibility index (Phi) is 7.59. The molecule has 1 unspecified atom stereocenters. The van der Waals surface area contributed by atoms with Crippen LogP contribution >= 0.6 is 0 Å². The minimum atomic E-state index is -0.706. The first kappa shape index (κ1) is 12.7. The molecule has 6 nitrogen and oxygen atoms in total. The summed E-state index contributed by atoms with van der Waals surface area (Å²) < 4.78 is 4.66. The number of nitrogens with zero attached hydrogens (tertiary/aromatic N) is 3. The van der Waals surface area contributed by atoms with Gasteiger partial charge in [0.1, 0.15) is 0 Å². The van der Waals surface area contributed by atoms with Crippen molar-refractivity contribution in [3.05, 3.63) is 10.4 Å². The highest BCUT2D eigenvalue weighted by molar-refractivity contribution is 5.69. The number of hydrogen-bond acceptors (Lipinski definition) is 4. The minimum Gasteiger partial charge on any atom is -0.466 e. The van der Waals surface area contributed by atoms with E-state index >= 15 is 0 Å². The Labute approximate surface area is 82.5 Å². The SMILES string of the molecule is CCOC(=O)CC(O)CCCN=[N+]=[N-]. The van der Waals surface area contributed by atoms with Crippen LogP contribution in [0.2, 0.25) is 0 Å². The summed E-state index contributed by atoms with van der Waals surface area (Å²) in [6, 6.07) is 0. The van der Waals surface area contributed by atoms with Gasteiger partial charge in [-0.25, -0.2) is 0 Å². The Balaban J connectivity index is 3.49. The molecule has 0 spiro atoms. The molecule has 0 aliphatic carbocycles. The molecule has 0 aliphatic heterocycles. The summed E-state index contributed by atoms with van der Waals surface area (Å²) in [6.45, 7) is 2.38. The monoisotopic (exact) mass is 201 g/mol. The van der Waals surface area contributed by atoms with Crippen molar-refractivity contribution in [2.24, 2.45) is 5.11 Å². The van der Waals surface area contributed by atoms with E-state index in [1.165, 1.54) is 0 Å². The first-order valence-electron chi connectivity index (χ1n) is 4.55. The number of ether oxygens (including phenoxy) is 1. The Hall–Kier alpha value is -1.26. The van der Waals surface area contributed by atoms with E-state index in [0.717, 1.165) is 0 Å². The van der Waals surface area contributed by atoms with Gasteiger partial charge in [-0.05, 0) is 25.3 Å². The summed E-state index contributed by atoms with van der Waals surface area (Å²) in [7, 11) is 0. The lowest BCUT2D eigenvalue weighted by atomic mass is 10.1. The largest absolute Gasteiger partial charge is 0.466 e. The molecule has 1 N–H and O–H groups in total. The molecule has 0 amide bonds. The third kappa shape index (κ3) is 7.39. The second-order valence-electron chi connectivity index (χ2n) is 2.76. The van der Waals surface area contributed by atoms with Gasteiger partial charge >= 0.3 is 5.97 Å². The maximum Gasteiger partial charge on any atom is 0.308 e. The van der Waals surface area contributed by atoms with E-state index in [-0.39, 0.29) is 6.42 Å². The first-order chi connectivity index (χ1) is 6.70. The van der Waals surface area contributed by atoms with Crippen LogP contribution in [-0.2, 0) is 9.53 Å². The number of aliphatic hydroxyl groups excluding tert-OH is 1. The zero-order valence-electron chi connectivity index (χ0n) is 8.22. The molecule has 0 rings (SSSR count). The molecule has 0 heterocycles. The fourth-order valence-electron chi connectivity index (χ4n) is 0.957. The highest BCUT2D eigenvalue weighted by atomic mass is 16.5. The predicted octanol–water partition coefficient (Wildman–Crippen LogP) is 1.39. The van der Waals surface area contributed by atoms with Gasteiger partial charge in [0.25, 0.3) is 0 Å². The number of carbonyl (C=O) groups is 1. The van der Waals surface area contributed by atoms with Gasteiger partial charge in [-0.2, -0.15) is 0 Å². The van der Waals surface area contributed by atoms with Crippen molar-refractivity contribution in [1.82, 2.24) is 0 Å². The number of azide groups is 1. The third-order valence-electron chi connectivity index (χ3n) is 1.57. The van der Waals surface area contributed by atoms with Crippen molar-refractivity contribution in [1.29, 1.82) is 0 Å². The molecular formula is C8H15N3O3. The van der Waals surface area contributed by atoms with Crippen LogP contribution in [-0.4, -0.2) is 30.3 Å². The fraction of sp³-hybridized carbons (Fsp3) is 0.875. The summed E-state index contributed by atoms with van der Waals surface area (Å²) in [6.07, 6.45) is 0.315. The zero-order valence-corrected chi connectivity index (χ0v) is 8.22. The Morgan fingerprint density at radius 2 is 2.43 bits per heavy atom. The van der Waals surface area contributed by atoms with E-state index < -0.39 is 12.1 Å². The van der Waals surface area contributed by atoms with Crippen molar-refractivity contribution in [2.75, 3.05) is 13.2 Å². The number of hydrogen-bond donors (Lipinski definition) is 1. The molecule has 0 radical (unpaired) electrons. The van der Waals surface area contributed by atoms with Gasteiger partial charge in [0, 0.05) is 11.5 Å². The van der Waals surface area contributed by atoms with Gasteiger partial charge in [-0.15, -0.1) is 0 Å². The Bertz CT molecular complexity index is 214. The molecule has 0 bridgehead atoms. The summed E-state index contributed by atoms with van der Waals surface area (Å²) >= 11 is 0. The van der Waals surface area contributed by atoms with Gasteiger partial charge in [0.2, 0.25) is 0 Å². The molecule has 1 atom stereocenters. The zero-order chi connectivity index (χ0) is 10.8. The molecule has 0 saturated heterocycles. The number of aliphatic hydroxyl groups is 1. The molecule has 80 valence electrons. The fourth-order valence-corrected chi connectivity index (χ4v) is 0.957. The van der Waals surface area contributed by atoms with Crippen molar-refractivity contribution in [3.63, 3.8) is 0 Å². The maximum atomic E-state index is 10.9. The number of carbonyl (C=O) groups excluding carboxylic acids is 1. The van der Waals surface area contributed by atoms with E-state index in [2.05, 4.69) is 14.8 Å². The molecule has 0 aromatic rings.